The number of hydrogen-bond acceptors (Lipinski definition) is 4. The van der Waals surface area contributed by atoms with Gasteiger partial charge in [-0.25, -0.2) is 8.42 Å². The smallest absolute Gasteiger partial charge is 0.253 e. The minimum absolute atomic E-state index is 0.0502. The number of carbonyl (C=O) groups excluding carboxylic acids is 1. The van der Waals surface area contributed by atoms with Gasteiger partial charge >= 0.3 is 0 Å². The maximum atomic E-state index is 12.0. The van der Waals surface area contributed by atoms with Crippen LogP contribution in [0.25, 0.3) is 0 Å². The minimum Gasteiger partial charge on any atom is -0.398 e. The second-order valence-corrected chi connectivity index (χ2v) is 7.21. The molecule has 0 radical (unpaired) electrons. The highest BCUT2D eigenvalue weighted by atomic mass is 79.9. The quantitative estimate of drug-likeness (QED) is 0.837. The van der Waals surface area contributed by atoms with Gasteiger partial charge < -0.3 is 10.6 Å². The van der Waals surface area contributed by atoms with E-state index in [9.17, 15) is 13.2 Å². The fourth-order valence-corrected chi connectivity index (χ4v) is 2.27. The van der Waals surface area contributed by atoms with Gasteiger partial charge in [0, 0.05) is 35.6 Å². The molecule has 7 heteroatoms. The molecule has 18 heavy (non-hydrogen) atoms. The molecule has 1 aromatic carbocycles. The molecule has 0 saturated carbocycles. The van der Waals surface area contributed by atoms with Crippen LogP contribution < -0.4 is 5.73 Å². The van der Waals surface area contributed by atoms with Crippen LogP contribution in [0, 0.1) is 0 Å². The van der Waals surface area contributed by atoms with Crippen LogP contribution in [0.2, 0.25) is 0 Å². The molecule has 0 saturated heterocycles. The molecular formula is C11H15BrN2O3S. The normalized spacial score (nSPS) is 11.3. The van der Waals surface area contributed by atoms with Gasteiger partial charge in [-0.2, -0.15) is 0 Å². The third-order valence-corrected chi connectivity index (χ3v) is 4.00. The number of carbonyl (C=O) groups is 1. The number of anilines is 1. The molecule has 1 amide bonds. The summed E-state index contributed by atoms with van der Waals surface area (Å²) in [6, 6.07) is 4.86. The molecule has 0 aliphatic carbocycles. The van der Waals surface area contributed by atoms with Gasteiger partial charge in [0.25, 0.3) is 5.91 Å². The van der Waals surface area contributed by atoms with Crippen LogP contribution in [0.5, 0.6) is 0 Å². The SMILES string of the molecule is CN(CCS(C)(=O)=O)C(=O)c1ccc(N)c(Br)c1. The van der Waals surface area contributed by atoms with Crippen molar-refractivity contribution in [2.75, 3.05) is 31.3 Å². The summed E-state index contributed by atoms with van der Waals surface area (Å²) in [6.07, 6.45) is 1.14. The van der Waals surface area contributed by atoms with Crippen LogP contribution in [-0.2, 0) is 9.84 Å². The molecule has 0 unspecified atom stereocenters. The van der Waals surface area contributed by atoms with Gasteiger partial charge in [-0.3, -0.25) is 4.79 Å². The van der Waals surface area contributed by atoms with E-state index in [1.807, 2.05) is 0 Å². The Morgan fingerprint density at radius 1 is 1.44 bits per heavy atom. The second-order valence-electron chi connectivity index (χ2n) is 4.09. The van der Waals surface area contributed by atoms with Gasteiger partial charge in [-0.05, 0) is 34.1 Å². The van der Waals surface area contributed by atoms with Crippen molar-refractivity contribution in [1.82, 2.24) is 4.90 Å². The van der Waals surface area contributed by atoms with E-state index in [1.54, 1.807) is 25.2 Å². The maximum Gasteiger partial charge on any atom is 0.253 e. The molecule has 2 N–H and O–H groups in total. The standard InChI is InChI=1S/C11H15BrN2O3S/c1-14(5-6-18(2,16)17)11(15)8-3-4-10(13)9(12)7-8/h3-4,7H,5-6,13H2,1-2H3. The number of hydrogen-bond donors (Lipinski definition) is 1. The number of amides is 1. The molecular weight excluding hydrogens is 320 g/mol. The van der Waals surface area contributed by atoms with E-state index in [1.165, 1.54) is 4.90 Å². The average molecular weight is 335 g/mol. The molecule has 0 aliphatic heterocycles. The van der Waals surface area contributed by atoms with Crippen molar-refractivity contribution < 1.29 is 13.2 Å². The van der Waals surface area contributed by atoms with Crippen LogP contribution in [0.3, 0.4) is 0 Å². The molecule has 1 rings (SSSR count). The molecule has 0 atom stereocenters. The topological polar surface area (TPSA) is 80.5 Å². The van der Waals surface area contributed by atoms with Crippen molar-refractivity contribution in [3.63, 3.8) is 0 Å². The Morgan fingerprint density at radius 3 is 2.56 bits per heavy atom. The molecule has 0 aliphatic rings. The number of rotatable bonds is 4. The highest BCUT2D eigenvalue weighted by Crippen LogP contribution is 2.21. The zero-order valence-electron chi connectivity index (χ0n) is 10.2. The van der Waals surface area contributed by atoms with Gasteiger partial charge in [0.15, 0.2) is 0 Å². The number of halogens is 1. The monoisotopic (exact) mass is 334 g/mol. The molecule has 0 aromatic heterocycles. The van der Waals surface area contributed by atoms with E-state index in [-0.39, 0.29) is 18.2 Å². The Kier molecular flexibility index (Phi) is 4.75. The van der Waals surface area contributed by atoms with E-state index in [0.29, 0.717) is 15.7 Å². The van der Waals surface area contributed by atoms with E-state index in [4.69, 9.17) is 5.73 Å². The molecule has 0 fully saturated rings. The van der Waals surface area contributed by atoms with Gasteiger partial charge in [-0.15, -0.1) is 0 Å². The van der Waals surface area contributed by atoms with Gasteiger partial charge in [0.1, 0.15) is 9.84 Å². The summed E-state index contributed by atoms with van der Waals surface area (Å²) in [5.41, 5.74) is 6.64. The largest absolute Gasteiger partial charge is 0.398 e. The lowest BCUT2D eigenvalue weighted by molar-refractivity contribution is 0.0803. The fourth-order valence-electron chi connectivity index (χ4n) is 1.28. The van der Waals surface area contributed by atoms with Crippen LogP contribution in [-0.4, -0.2) is 44.8 Å². The first-order chi connectivity index (χ1) is 8.20. The third kappa shape index (κ3) is 4.30. The Bertz CT molecular complexity index is 557. The maximum absolute atomic E-state index is 12.0. The van der Waals surface area contributed by atoms with Crippen LogP contribution in [0.4, 0.5) is 5.69 Å². The molecule has 0 heterocycles. The third-order valence-electron chi connectivity index (χ3n) is 2.39. The van der Waals surface area contributed by atoms with E-state index < -0.39 is 9.84 Å². The highest BCUT2D eigenvalue weighted by molar-refractivity contribution is 9.10. The van der Waals surface area contributed by atoms with Gasteiger partial charge in [0.05, 0.1) is 5.75 Å². The lowest BCUT2D eigenvalue weighted by atomic mass is 10.2. The minimum atomic E-state index is -3.07. The highest BCUT2D eigenvalue weighted by Gasteiger charge is 2.14. The first-order valence-electron chi connectivity index (χ1n) is 5.19. The van der Waals surface area contributed by atoms with Gasteiger partial charge in [0.2, 0.25) is 0 Å². The summed E-state index contributed by atoms with van der Waals surface area (Å²) in [4.78, 5) is 13.4. The molecule has 100 valence electrons. The van der Waals surface area contributed by atoms with E-state index in [2.05, 4.69) is 15.9 Å². The molecule has 0 spiro atoms. The molecule has 5 nitrogen and oxygen atoms in total. The van der Waals surface area contributed by atoms with Crippen molar-refractivity contribution in [3.8, 4) is 0 Å². The Morgan fingerprint density at radius 2 is 2.06 bits per heavy atom. The van der Waals surface area contributed by atoms with Crippen molar-refractivity contribution in [2.24, 2.45) is 0 Å². The number of nitrogen functional groups attached to an aromatic ring is 1. The zero-order valence-corrected chi connectivity index (χ0v) is 12.6. The lowest BCUT2D eigenvalue weighted by Crippen LogP contribution is -2.31. The first kappa shape index (κ1) is 15.0. The van der Waals surface area contributed by atoms with E-state index in [0.717, 1.165) is 6.26 Å². The second kappa shape index (κ2) is 5.71. The Labute approximate surface area is 115 Å². The molecule has 1 aromatic rings. The van der Waals surface area contributed by atoms with Crippen LogP contribution in [0.15, 0.2) is 22.7 Å². The number of nitrogens with two attached hydrogens (primary N) is 1. The Balaban J connectivity index is 2.77. The van der Waals surface area contributed by atoms with Crippen molar-refractivity contribution >= 4 is 37.4 Å². The predicted molar refractivity (Wildman–Crippen MR) is 75.2 cm³/mol. The Hall–Kier alpha value is -1.08. The van der Waals surface area contributed by atoms with Crippen molar-refractivity contribution in [2.45, 2.75) is 0 Å². The zero-order chi connectivity index (χ0) is 13.9. The van der Waals surface area contributed by atoms with Gasteiger partial charge in [-0.1, -0.05) is 0 Å². The van der Waals surface area contributed by atoms with E-state index >= 15 is 0 Å². The summed E-state index contributed by atoms with van der Waals surface area (Å²) in [7, 11) is -1.51. The van der Waals surface area contributed by atoms with Crippen molar-refractivity contribution in [1.29, 1.82) is 0 Å². The predicted octanol–water partition coefficient (Wildman–Crippen LogP) is 1.15. The van der Waals surface area contributed by atoms with Crippen molar-refractivity contribution in [3.05, 3.63) is 28.2 Å². The first-order valence-corrected chi connectivity index (χ1v) is 8.04. The summed E-state index contributed by atoms with van der Waals surface area (Å²) >= 11 is 3.24. The summed E-state index contributed by atoms with van der Waals surface area (Å²) in [6.45, 7) is 0.166. The number of sulfone groups is 1. The lowest BCUT2D eigenvalue weighted by Gasteiger charge is -2.17. The summed E-state index contributed by atoms with van der Waals surface area (Å²) in [5, 5.41) is 0. The molecule has 0 bridgehead atoms. The average Bonchev–Trinajstić information content (AvgIpc) is 2.27. The number of benzene rings is 1. The van der Waals surface area contributed by atoms with Crippen LogP contribution in [0.1, 0.15) is 10.4 Å². The van der Waals surface area contributed by atoms with Crippen LogP contribution >= 0.6 is 15.9 Å². The summed E-state index contributed by atoms with van der Waals surface area (Å²) < 4.78 is 22.7. The fraction of sp³-hybridized carbons (Fsp3) is 0.364. The summed E-state index contributed by atoms with van der Waals surface area (Å²) in [5.74, 6) is -0.287. The number of nitrogens with zero attached hydrogens (tertiary/aromatic N) is 1.